The van der Waals surface area contributed by atoms with Gasteiger partial charge in [0.05, 0.1) is 4.90 Å². The molecule has 1 fully saturated rings. The van der Waals surface area contributed by atoms with Crippen molar-refractivity contribution in [2.24, 2.45) is 0 Å². The van der Waals surface area contributed by atoms with Gasteiger partial charge in [-0.05, 0) is 37.6 Å². The summed E-state index contributed by atoms with van der Waals surface area (Å²) in [6, 6.07) is 2.29. The Balaban J connectivity index is 2.14. The van der Waals surface area contributed by atoms with Gasteiger partial charge in [-0.2, -0.15) is 8.78 Å². The molecule has 2 N–H and O–H groups in total. The molecule has 0 aliphatic carbocycles. The second-order valence-electron chi connectivity index (χ2n) is 4.64. The van der Waals surface area contributed by atoms with Crippen molar-refractivity contribution in [3.63, 3.8) is 0 Å². The van der Waals surface area contributed by atoms with Crippen LogP contribution in [-0.2, 0) is 10.0 Å². The zero-order chi connectivity index (χ0) is 15.5. The second-order valence-corrected chi connectivity index (χ2v) is 6.35. The number of benzene rings is 1. The van der Waals surface area contributed by atoms with Gasteiger partial charge < -0.3 is 10.1 Å². The van der Waals surface area contributed by atoms with Crippen LogP contribution in [0.1, 0.15) is 12.8 Å². The van der Waals surface area contributed by atoms with E-state index in [1.165, 1.54) is 0 Å². The lowest BCUT2D eigenvalue weighted by Crippen LogP contribution is -2.45. The number of hydrogen-bond donors (Lipinski definition) is 2. The van der Waals surface area contributed by atoms with Gasteiger partial charge in [-0.15, -0.1) is 0 Å². The van der Waals surface area contributed by atoms with E-state index >= 15 is 0 Å². The van der Waals surface area contributed by atoms with Crippen molar-refractivity contribution >= 4 is 10.0 Å². The van der Waals surface area contributed by atoms with E-state index in [2.05, 4.69) is 14.8 Å². The van der Waals surface area contributed by atoms with Gasteiger partial charge in [0, 0.05) is 12.6 Å². The molecule has 1 aromatic carbocycles. The Hall–Kier alpha value is -1.32. The molecular formula is C12H15F3N2O3S. The van der Waals surface area contributed by atoms with Crippen molar-refractivity contribution in [1.29, 1.82) is 0 Å². The van der Waals surface area contributed by atoms with Crippen LogP contribution in [0, 0.1) is 5.82 Å². The predicted molar refractivity (Wildman–Crippen MR) is 69.2 cm³/mol. The molecule has 21 heavy (non-hydrogen) atoms. The molecule has 0 aromatic heterocycles. The van der Waals surface area contributed by atoms with Gasteiger partial charge in [-0.3, -0.25) is 0 Å². The normalized spacial score (nSPS) is 19.7. The van der Waals surface area contributed by atoms with Crippen LogP contribution in [0.2, 0.25) is 0 Å². The van der Waals surface area contributed by atoms with Crippen LogP contribution in [-0.4, -0.2) is 34.2 Å². The Morgan fingerprint density at radius 3 is 2.71 bits per heavy atom. The first kappa shape index (κ1) is 16.1. The predicted octanol–water partition coefficient (Wildman–Crippen LogP) is 1.46. The first-order valence-corrected chi connectivity index (χ1v) is 7.84. The lowest BCUT2D eigenvalue weighted by Gasteiger charge is -2.23. The Morgan fingerprint density at radius 1 is 1.38 bits per heavy atom. The smallest absolute Gasteiger partial charge is 0.387 e. The fourth-order valence-corrected chi connectivity index (χ4v) is 3.36. The van der Waals surface area contributed by atoms with Crippen LogP contribution >= 0.6 is 0 Å². The molecule has 0 saturated carbocycles. The zero-order valence-electron chi connectivity index (χ0n) is 11.0. The monoisotopic (exact) mass is 324 g/mol. The van der Waals surface area contributed by atoms with Gasteiger partial charge in [-0.25, -0.2) is 17.5 Å². The zero-order valence-corrected chi connectivity index (χ0v) is 11.8. The molecule has 1 aliphatic rings. The summed E-state index contributed by atoms with van der Waals surface area (Å²) in [5, 5.41) is 3.05. The molecule has 2 rings (SSSR count). The molecule has 0 radical (unpaired) electrons. The summed E-state index contributed by atoms with van der Waals surface area (Å²) in [6.07, 6.45) is 1.52. The highest BCUT2D eigenvalue weighted by atomic mass is 32.2. The van der Waals surface area contributed by atoms with Crippen molar-refractivity contribution in [2.75, 3.05) is 13.1 Å². The molecule has 0 amide bonds. The number of piperidine rings is 1. The highest BCUT2D eigenvalue weighted by Gasteiger charge is 2.23. The Bertz CT molecular complexity index is 589. The number of ether oxygens (including phenoxy) is 1. The summed E-state index contributed by atoms with van der Waals surface area (Å²) in [5.74, 6) is -1.84. The van der Waals surface area contributed by atoms with Gasteiger partial charge in [0.15, 0.2) is 11.6 Å². The van der Waals surface area contributed by atoms with Crippen LogP contribution in [0.4, 0.5) is 13.2 Å². The van der Waals surface area contributed by atoms with E-state index in [1.807, 2.05) is 0 Å². The van der Waals surface area contributed by atoms with Gasteiger partial charge in [-0.1, -0.05) is 0 Å². The van der Waals surface area contributed by atoms with Crippen molar-refractivity contribution in [3.05, 3.63) is 24.0 Å². The fraction of sp³-hybridized carbons (Fsp3) is 0.500. The molecule has 0 bridgehead atoms. The highest BCUT2D eigenvalue weighted by molar-refractivity contribution is 7.89. The molecule has 0 spiro atoms. The molecule has 9 heteroatoms. The molecule has 1 unspecified atom stereocenters. The maximum atomic E-state index is 13.6. The maximum Gasteiger partial charge on any atom is 0.387 e. The highest BCUT2D eigenvalue weighted by Crippen LogP contribution is 2.23. The third-order valence-electron chi connectivity index (χ3n) is 3.05. The topological polar surface area (TPSA) is 67.4 Å². The third-order valence-corrected chi connectivity index (χ3v) is 4.57. The molecule has 1 saturated heterocycles. The van der Waals surface area contributed by atoms with Crippen molar-refractivity contribution < 1.29 is 26.3 Å². The first-order valence-electron chi connectivity index (χ1n) is 6.36. The van der Waals surface area contributed by atoms with E-state index in [0.717, 1.165) is 25.1 Å². The van der Waals surface area contributed by atoms with Crippen molar-refractivity contribution in [1.82, 2.24) is 10.0 Å². The maximum absolute atomic E-state index is 13.6. The number of rotatable bonds is 5. The number of sulfonamides is 1. The molecule has 1 heterocycles. The van der Waals surface area contributed by atoms with E-state index < -0.39 is 28.2 Å². The lowest BCUT2D eigenvalue weighted by atomic mass is 10.1. The van der Waals surface area contributed by atoms with Crippen LogP contribution in [0.15, 0.2) is 23.1 Å². The SMILES string of the molecule is O=S(=O)(NC1CCCNC1)c1ccc(OC(F)F)c(F)c1. The van der Waals surface area contributed by atoms with E-state index in [0.29, 0.717) is 19.0 Å². The van der Waals surface area contributed by atoms with Gasteiger partial charge >= 0.3 is 6.61 Å². The molecule has 118 valence electrons. The standard InChI is InChI=1S/C12H15F3N2O3S/c13-10-6-9(3-4-11(10)20-12(14)15)21(18,19)17-8-2-1-5-16-7-8/h3-4,6,8,12,16-17H,1-2,5,7H2. The van der Waals surface area contributed by atoms with Crippen LogP contribution in [0.25, 0.3) is 0 Å². The number of alkyl halides is 2. The van der Waals surface area contributed by atoms with E-state index in [-0.39, 0.29) is 10.9 Å². The third kappa shape index (κ3) is 4.32. The largest absolute Gasteiger partial charge is 0.432 e. The summed E-state index contributed by atoms with van der Waals surface area (Å²) in [4.78, 5) is -0.327. The number of halogens is 3. The molecule has 1 atom stereocenters. The first-order chi connectivity index (χ1) is 9.88. The van der Waals surface area contributed by atoms with Crippen molar-refractivity contribution in [3.8, 4) is 5.75 Å². The fourth-order valence-electron chi connectivity index (χ4n) is 2.08. The minimum atomic E-state index is -3.90. The van der Waals surface area contributed by atoms with Gasteiger partial charge in [0.2, 0.25) is 10.0 Å². The summed E-state index contributed by atoms with van der Waals surface area (Å²) in [5.41, 5.74) is 0. The lowest BCUT2D eigenvalue weighted by molar-refractivity contribution is -0.0522. The number of nitrogens with one attached hydrogen (secondary N) is 2. The number of hydrogen-bond acceptors (Lipinski definition) is 4. The average Bonchev–Trinajstić information content (AvgIpc) is 2.41. The molecule has 1 aliphatic heterocycles. The van der Waals surface area contributed by atoms with Crippen LogP contribution in [0.5, 0.6) is 5.75 Å². The Morgan fingerprint density at radius 2 is 2.14 bits per heavy atom. The van der Waals surface area contributed by atoms with Gasteiger partial charge in [0.1, 0.15) is 0 Å². The summed E-state index contributed by atoms with van der Waals surface area (Å²) < 4.78 is 68.2. The Kier molecular flexibility index (Phi) is 5.07. The summed E-state index contributed by atoms with van der Waals surface area (Å²) in [7, 11) is -3.90. The quantitative estimate of drug-likeness (QED) is 0.860. The average molecular weight is 324 g/mol. The summed E-state index contributed by atoms with van der Waals surface area (Å²) >= 11 is 0. The minimum absolute atomic E-state index is 0.274. The summed E-state index contributed by atoms with van der Waals surface area (Å²) in [6.45, 7) is -1.85. The van der Waals surface area contributed by atoms with E-state index in [9.17, 15) is 21.6 Å². The van der Waals surface area contributed by atoms with Gasteiger partial charge in [0.25, 0.3) is 0 Å². The second kappa shape index (κ2) is 6.63. The van der Waals surface area contributed by atoms with Crippen molar-refractivity contribution in [2.45, 2.75) is 30.4 Å². The van der Waals surface area contributed by atoms with E-state index in [1.54, 1.807) is 0 Å². The van der Waals surface area contributed by atoms with Crippen LogP contribution < -0.4 is 14.8 Å². The molecule has 5 nitrogen and oxygen atoms in total. The van der Waals surface area contributed by atoms with E-state index in [4.69, 9.17) is 0 Å². The van der Waals surface area contributed by atoms with Crippen LogP contribution in [0.3, 0.4) is 0 Å². The Labute approximate surface area is 120 Å². The molecule has 1 aromatic rings. The molecular weight excluding hydrogens is 309 g/mol. The minimum Gasteiger partial charge on any atom is -0.432 e.